The maximum atomic E-state index is 14.5. The van der Waals surface area contributed by atoms with Gasteiger partial charge in [0.15, 0.2) is 0 Å². The number of rotatable bonds is 6. The van der Waals surface area contributed by atoms with Crippen LogP contribution in [-0.2, 0) is 14.8 Å². The van der Waals surface area contributed by atoms with Crippen molar-refractivity contribution in [2.75, 3.05) is 13.1 Å². The van der Waals surface area contributed by atoms with Crippen molar-refractivity contribution >= 4 is 15.9 Å². The van der Waals surface area contributed by atoms with Crippen LogP contribution in [0.3, 0.4) is 0 Å². The molecule has 1 amide bonds. The molecule has 1 heterocycles. The molecule has 2 aromatic rings. The fourth-order valence-corrected chi connectivity index (χ4v) is 6.60. The molecule has 2 saturated carbocycles. The van der Waals surface area contributed by atoms with E-state index in [1.54, 1.807) is 17.0 Å². The first-order valence-corrected chi connectivity index (χ1v) is 13.2. The van der Waals surface area contributed by atoms with E-state index in [-0.39, 0.29) is 34.6 Å². The van der Waals surface area contributed by atoms with Crippen LogP contribution in [0.1, 0.15) is 50.0 Å². The summed E-state index contributed by atoms with van der Waals surface area (Å²) in [6.07, 6.45) is 4.46. The summed E-state index contributed by atoms with van der Waals surface area (Å²) in [5, 5.41) is -0.284. The Bertz CT molecular complexity index is 1150. The van der Waals surface area contributed by atoms with Crippen LogP contribution in [0.15, 0.2) is 42.5 Å². The fourth-order valence-electron chi connectivity index (χ4n) is 4.99. The zero-order valence-electron chi connectivity index (χ0n) is 18.3. The summed E-state index contributed by atoms with van der Waals surface area (Å²) in [6.45, 7) is 0.977. The Balaban J connectivity index is 1.32. The smallest absolute Gasteiger partial charge is 0.226 e. The number of nitrogens with zero attached hydrogens (tertiary/aromatic N) is 1. The Morgan fingerprint density at radius 1 is 0.970 bits per heavy atom. The SMILES string of the molecule is O=C(C1CC1c1ccccc1-c1c(F)cccc1F)N1CCCCC(NS(=O)(=O)C2CC2)C1. The molecule has 3 aliphatic rings. The van der Waals surface area contributed by atoms with Gasteiger partial charge in [0.2, 0.25) is 15.9 Å². The maximum Gasteiger partial charge on any atom is 0.226 e. The topological polar surface area (TPSA) is 66.5 Å². The first-order chi connectivity index (χ1) is 15.8. The number of likely N-dealkylation sites (tertiary alicyclic amines) is 1. The lowest BCUT2D eigenvalue weighted by Crippen LogP contribution is -2.46. The molecular weight excluding hydrogens is 446 g/mol. The van der Waals surface area contributed by atoms with E-state index >= 15 is 0 Å². The molecule has 0 radical (unpaired) electrons. The van der Waals surface area contributed by atoms with E-state index in [0.717, 1.165) is 24.8 Å². The lowest BCUT2D eigenvalue weighted by Gasteiger charge is -2.25. The quantitative estimate of drug-likeness (QED) is 0.683. The number of nitrogens with one attached hydrogen (secondary N) is 1. The standard InChI is InChI=1S/C25H28F2N2O3S/c26-22-9-5-10-23(27)24(22)19-8-2-1-7-18(19)20-14-21(20)25(30)29-13-4-3-6-16(15-29)28-33(31,32)17-11-12-17/h1-2,5,7-10,16-17,20-21,28H,3-4,6,11-15H2. The van der Waals surface area contributed by atoms with Gasteiger partial charge in [-0.1, -0.05) is 36.8 Å². The van der Waals surface area contributed by atoms with Gasteiger partial charge in [-0.25, -0.2) is 21.9 Å². The average molecular weight is 475 g/mol. The molecule has 5 nitrogen and oxygen atoms in total. The predicted octanol–water partition coefficient (Wildman–Crippen LogP) is 4.20. The van der Waals surface area contributed by atoms with Crippen LogP contribution in [0.4, 0.5) is 8.78 Å². The monoisotopic (exact) mass is 474 g/mol. The molecule has 1 aliphatic heterocycles. The Hall–Kier alpha value is -2.32. The maximum absolute atomic E-state index is 14.5. The summed E-state index contributed by atoms with van der Waals surface area (Å²) in [4.78, 5) is 15.1. The molecule has 1 N–H and O–H groups in total. The van der Waals surface area contributed by atoms with Gasteiger partial charge in [0.1, 0.15) is 11.6 Å². The van der Waals surface area contributed by atoms with Crippen molar-refractivity contribution in [1.29, 1.82) is 0 Å². The molecule has 3 fully saturated rings. The molecule has 0 spiro atoms. The van der Waals surface area contributed by atoms with Crippen molar-refractivity contribution in [2.24, 2.45) is 5.92 Å². The van der Waals surface area contributed by atoms with Crippen molar-refractivity contribution in [1.82, 2.24) is 9.62 Å². The third kappa shape index (κ3) is 4.68. The largest absolute Gasteiger partial charge is 0.341 e. The van der Waals surface area contributed by atoms with E-state index in [0.29, 0.717) is 37.9 Å². The van der Waals surface area contributed by atoms with E-state index < -0.39 is 21.7 Å². The number of carbonyl (C=O) groups is 1. The molecule has 176 valence electrons. The first-order valence-electron chi connectivity index (χ1n) is 11.7. The van der Waals surface area contributed by atoms with Gasteiger partial charge in [-0.3, -0.25) is 4.79 Å². The van der Waals surface area contributed by atoms with E-state index in [1.165, 1.54) is 18.2 Å². The molecule has 0 aromatic heterocycles. The van der Waals surface area contributed by atoms with Gasteiger partial charge in [-0.05, 0) is 61.3 Å². The Kier molecular flexibility index (Phi) is 5.99. The average Bonchev–Trinajstić information content (AvgIpc) is 3.67. The van der Waals surface area contributed by atoms with Crippen molar-refractivity contribution in [3.05, 3.63) is 59.7 Å². The number of benzene rings is 2. The number of halogens is 2. The molecule has 2 aliphatic carbocycles. The van der Waals surface area contributed by atoms with Gasteiger partial charge < -0.3 is 4.90 Å². The van der Waals surface area contributed by atoms with E-state index in [2.05, 4.69) is 4.72 Å². The fraction of sp³-hybridized carbons (Fsp3) is 0.480. The number of sulfonamides is 1. The van der Waals surface area contributed by atoms with Crippen LogP contribution in [0, 0.1) is 17.6 Å². The molecule has 33 heavy (non-hydrogen) atoms. The first kappa shape index (κ1) is 22.5. The summed E-state index contributed by atoms with van der Waals surface area (Å²) >= 11 is 0. The summed E-state index contributed by atoms with van der Waals surface area (Å²) in [7, 11) is -3.31. The predicted molar refractivity (Wildman–Crippen MR) is 122 cm³/mol. The zero-order valence-corrected chi connectivity index (χ0v) is 19.2. The molecule has 3 unspecified atom stereocenters. The van der Waals surface area contributed by atoms with E-state index in [4.69, 9.17) is 0 Å². The number of amides is 1. The minimum Gasteiger partial charge on any atom is -0.341 e. The van der Waals surface area contributed by atoms with Crippen molar-refractivity contribution in [3.63, 3.8) is 0 Å². The second-order valence-electron chi connectivity index (χ2n) is 9.47. The van der Waals surface area contributed by atoms with E-state index in [9.17, 15) is 22.0 Å². The molecule has 3 atom stereocenters. The third-order valence-electron chi connectivity index (χ3n) is 6.98. The summed E-state index contributed by atoms with van der Waals surface area (Å²) < 4.78 is 56.5. The van der Waals surface area contributed by atoms with Gasteiger partial charge in [0, 0.05) is 25.0 Å². The van der Waals surface area contributed by atoms with Crippen LogP contribution in [0.5, 0.6) is 0 Å². The second-order valence-corrected chi connectivity index (χ2v) is 11.5. The molecule has 5 rings (SSSR count). The lowest BCUT2D eigenvalue weighted by molar-refractivity contribution is -0.132. The van der Waals surface area contributed by atoms with Gasteiger partial charge in [0.05, 0.1) is 10.8 Å². The van der Waals surface area contributed by atoms with Gasteiger partial charge >= 0.3 is 0 Å². The van der Waals surface area contributed by atoms with Gasteiger partial charge in [0.25, 0.3) is 0 Å². The molecular formula is C25H28F2N2O3S. The van der Waals surface area contributed by atoms with Crippen molar-refractivity contribution < 1.29 is 22.0 Å². The third-order valence-corrected chi connectivity index (χ3v) is 8.99. The van der Waals surface area contributed by atoms with E-state index in [1.807, 2.05) is 12.1 Å². The zero-order chi connectivity index (χ0) is 23.2. The minimum absolute atomic E-state index is 0.00123. The van der Waals surface area contributed by atoms with Crippen LogP contribution >= 0.6 is 0 Å². The summed E-state index contributed by atoms with van der Waals surface area (Å²) in [5.41, 5.74) is 1.20. The van der Waals surface area contributed by atoms with Crippen molar-refractivity contribution in [3.8, 4) is 11.1 Å². The highest BCUT2D eigenvalue weighted by Gasteiger charge is 2.47. The summed E-state index contributed by atoms with van der Waals surface area (Å²) in [5.74, 6) is -1.59. The Labute approximate surface area is 193 Å². The van der Waals surface area contributed by atoms with Crippen molar-refractivity contribution in [2.45, 2.75) is 55.7 Å². The molecule has 1 saturated heterocycles. The number of hydrogen-bond donors (Lipinski definition) is 1. The van der Waals surface area contributed by atoms with Crippen LogP contribution in [-0.4, -0.2) is 43.6 Å². The molecule has 0 bridgehead atoms. The van der Waals surface area contributed by atoms with Gasteiger partial charge in [-0.2, -0.15) is 0 Å². The minimum atomic E-state index is -3.31. The highest BCUT2D eigenvalue weighted by molar-refractivity contribution is 7.90. The number of carbonyl (C=O) groups excluding carboxylic acids is 1. The van der Waals surface area contributed by atoms with Crippen LogP contribution < -0.4 is 4.72 Å². The second kappa shape index (κ2) is 8.80. The normalized spacial score (nSPS) is 25.5. The Morgan fingerprint density at radius 2 is 1.70 bits per heavy atom. The highest BCUT2D eigenvalue weighted by atomic mass is 32.2. The number of hydrogen-bond acceptors (Lipinski definition) is 3. The Morgan fingerprint density at radius 3 is 2.42 bits per heavy atom. The lowest BCUT2D eigenvalue weighted by atomic mass is 9.95. The van der Waals surface area contributed by atoms with Crippen LogP contribution in [0.25, 0.3) is 11.1 Å². The molecule has 2 aromatic carbocycles. The summed E-state index contributed by atoms with van der Waals surface area (Å²) in [6, 6.07) is 10.7. The highest BCUT2D eigenvalue weighted by Crippen LogP contribution is 2.51. The van der Waals surface area contributed by atoms with Crippen LogP contribution in [0.2, 0.25) is 0 Å². The van der Waals surface area contributed by atoms with Gasteiger partial charge in [-0.15, -0.1) is 0 Å². The molecule has 8 heteroatoms.